The summed E-state index contributed by atoms with van der Waals surface area (Å²) in [5.74, 6) is 0.518. The van der Waals surface area contributed by atoms with Crippen LogP contribution in [0, 0.1) is 11.3 Å². The third kappa shape index (κ3) is 4.43. The second kappa shape index (κ2) is 9.29. The van der Waals surface area contributed by atoms with E-state index in [0.29, 0.717) is 5.41 Å². The zero-order valence-electron chi connectivity index (χ0n) is 20.5. The van der Waals surface area contributed by atoms with E-state index in [0.717, 1.165) is 88.7 Å². The average Bonchev–Trinajstić information content (AvgIpc) is 3.66. The SMILES string of the molecule is O=C(NC1CCc2ccc(C(=O)N3CCC4(CC3)CCN(c3ccncc3)C4)cc21)C1CCCC1. The highest BCUT2D eigenvalue weighted by Gasteiger charge is 2.41. The topological polar surface area (TPSA) is 65.5 Å². The Morgan fingerprint density at radius 3 is 2.46 bits per heavy atom. The van der Waals surface area contributed by atoms with Crippen molar-refractivity contribution in [2.24, 2.45) is 11.3 Å². The molecule has 3 heterocycles. The molecule has 6 rings (SSSR count). The summed E-state index contributed by atoms with van der Waals surface area (Å²) in [5, 5.41) is 3.30. The molecule has 6 heteroatoms. The monoisotopic (exact) mass is 472 g/mol. The Kier molecular flexibility index (Phi) is 5.99. The van der Waals surface area contributed by atoms with Gasteiger partial charge in [-0.2, -0.15) is 0 Å². The Morgan fingerprint density at radius 1 is 0.943 bits per heavy atom. The molecule has 35 heavy (non-hydrogen) atoms. The Labute approximate surface area is 208 Å². The molecule has 6 nitrogen and oxygen atoms in total. The maximum atomic E-state index is 13.4. The van der Waals surface area contributed by atoms with Gasteiger partial charge >= 0.3 is 0 Å². The fourth-order valence-electron chi connectivity index (χ4n) is 6.85. The molecular weight excluding hydrogens is 436 g/mol. The van der Waals surface area contributed by atoms with E-state index in [1.807, 2.05) is 23.4 Å². The van der Waals surface area contributed by atoms with Gasteiger partial charge in [0.2, 0.25) is 5.91 Å². The standard InChI is InChI=1S/C29H36N4O2/c34-27(22-3-1-2-4-22)31-26-8-7-21-5-6-23(19-25(21)26)28(35)32-16-11-29(12-17-32)13-18-33(20-29)24-9-14-30-15-10-24/h5-6,9-10,14-15,19,22,26H,1-4,7-8,11-13,16-18,20H2,(H,31,34). The Balaban J connectivity index is 1.09. The number of nitrogens with zero attached hydrogens (tertiary/aromatic N) is 3. The van der Waals surface area contributed by atoms with E-state index in [1.54, 1.807) is 0 Å². The number of aromatic nitrogens is 1. The predicted octanol–water partition coefficient (Wildman–Crippen LogP) is 4.51. The molecular formula is C29H36N4O2. The summed E-state index contributed by atoms with van der Waals surface area (Å²) in [6, 6.07) is 10.4. The molecule has 2 aromatic rings. The third-order valence-electron chi connectivity index (χ3n) is 9.09. The van der Waals surface area contributed by atoms with Crippen molar-refractivity contribution in [1.82, 2.24) is 15.2 Å². The first kappa shape index (κ1) is 22.6. The summed E-state index contributed by atoms with van der Waals surface area (Å²) >= 11 is 0. The van der Waals surface area contributed by atoms with E-state index in [4.69, 9.17) is 0 Å². The first-order valence-corrected chi connectivity index (χ1v) is 13.5. The second-order valence-corrected chi connectivity index (χ2v) is 11.2. The molecule has 1 saturated carbocycles. The number of hydrogen-bond acceptors (Lipinski definition) is 4. The van der Waals surface area contributed by atoms with Gasteiger partial charge in [0.05, 0.1) is 6.04 Å². The van der Waals surface area contributed by atoms with Crippen LogP contribution in [0.4, 0.5) is 5.69 Å². The molecule has 184 valence electrons. The molecule has 4 aliphatic rings. The molecule has 1 N–H and O–H groups in total. The normalized spacial score (nSPS) is 23.6. The quantitative estimate of drug-likeness (QED) is 0.711. The Morgan fingerprint density at radius 2 is 1.69 bits per heavy atom. The lowest BCUT2D eigenvalue weighted by atomic mass is 9.77. The Bertz CT molecular complexity index is 1090. The minimum absolute atomic E-state index is 0.0492. The highest BCUT2D eigenvalue weighted by atomic mass is 16.2. The molecule has 2 amide bonds. The van der Waals surface area contributed by atoms with Gasteiger partial charge in [0.25, 0.3) is 5.91 Å². The highest BCUT2D eigenvalue weighted by molar-refractivity contribution is 5.94. The number of hydrogen-bond donors (Lipinski definition) is 1. The van der Waals surface area contributed by atoms with E-state index < -0.39 is 0 Å². The van der Waals surface area contributed by atoms with Crippen molar-refractivity contribution >= 4 is 17.5 Å². The van der Waals surface area contributed by atoms with Gasteiger partial charge < -0.3 is 15.1 Å². The summed E-state index contributed by atoms with van der Waals surface area (Å²) in [5.41, 5.74) is 4.76. The summed E-state index contributed by atoms with van der Waals surface area (Å²) in [4.78, 5) is 34.8. The third-order valence-corrected chi connectivity index (χ3v) is 9.09. The van der Waals surface area contributed by atoms with Crippen LogP contribution in [0.15, 0.2) is 42.7 Å². The van der Waals surface area contributed by atoms with Crippen molar-refractivity contribution < 1.29 is 9.59 Å². The van der Waals surface area contributed by atoms with Crippen LogP contribution in [0.5, 0.6) is 0 Å². The zero-order valence-corrected chi connectivity index (χ0v) is 20.5. The molecule has 2 aliphatic heterocycles. The van der Waals surface area contributed by atoms with Gasteiger partial charge in [-0.25, -0.2) is 0 Å². The summed E-state index contributed by atoms with van der Waals surface area (Å²) in [6.45, 7) is 3.79. The van der Waals surface area contributed by atoms with Crippen LogP contribution in [0.3, 0.4) is 0 Å². The van der Waals surface area contributed by atoms with Crippen molar-refractivity contribution in [3.63, 3.8) is 0 Å². The van der Waals surface area contributed by atoms with Gasteiger partial charge in [-0.05, 0) is 85.8 Å². The van der Waals surface area contributed by atoms with Gasteiger partial charge in [-0.15, -0.1) is 0 Å². The van der Waals surface area contributed by atoms with Crippen LogP contribution >= 0.6 is 0 Å². The van der Waals surface area contributed by atoms with Crippen LogP contribution in [0.1, 0.15) is 78.9 Å². The van der Waals surface area contributed by atoms with Crippen LogP contribution in [0.25, 0.3) is 0 Å². The molecule has 1 unspecified atom stereocenters. The molecule has 1 spiro atoms. The lowest BCUT2D eigenvalue weighted by Crippen LogP contribution is -2.44. The number of carbonyl (C=O) groups is 2. The average molecular weight is 473 g/mol. The van der Waals surface area contributed by atoms with Crippen LogP contribution in [-0.4, -0.2) is 47.9 Å². The molecule has 0 bridgehead atoms. The number of anilines is 1. The van der Waals surface area contributed by atoms with E-state index >= 15 is 0 Å². The number of benzene rings is 1. The first-order chi connectivity index (χ1) is 17.1. The number of likely N-dealkylation sites (tertiary alicyclic amines) is 1. The van der Waals surface area contributed by atoms with Gasteiger partial charge in [-0.3, -0.25) is 14.6 Å². The number of aryl methyl sites for hydroxylation is 1. The number of pyridine rings is 1. The molecule has 1 aromatic heterocycles. The number of fused-ring (bicyclic) bond motifs is 1. The smallest absolute Gasteiger partial charge is 0.253 e. The van der Waals surface area contributed by atoms with Gasteiger partial charge in [-0.1, -0.05) is 18.9 Å². The largest absolute Gasteiger partial charge is 0.371 e. The summed E-state index contributed by atoms with van der Waals surface area (Å²) in [7, 11) is 0. The summed E-state index contributed by atoms with van der Waals surface area (Å²) < 4.78 is 0. The van der Waals surface area contributed by atoms with Gasteiger partial charge in [0.15, 0.2) is 0 Å². The fourth-order valence-corrected chi connectivity index (χ4v) is 6.85. The van der Waals surface area contributed by atoms with Crippen molar-refractivity contribution in [1.29, 1.82) is 0 Å². The van der Waals surface area contributed by atoms with Crippen molar-refractivity contribution in [2.45, 2.75) is 63.8 Å². The van der Waals surface area contributed by atoms with Crippen LogP contribution in [-0.2, 0) is 11.2 Å². The number of nitrogens with one attached hydrogen (secondary N) is 1. The lowest BCUT2D eigenvalue weighted by molar-refractivity contribution is -0.125. The van der Waals surface area contributed by atoms with Crippen LogP contribution < -0.4 is 10.2 Å². The second-order valence-electron chi connectivity index (χ2n) is 11.2. The van der Waals surface area contributed by atoms with E-state index in [9.17, 15) is 9.59 Å². The molecule has 2 aliphatic carbocycles. The van der Waals surface area contributed by atoms with E-state index in [1.165, 1.54) is 17.7 Å². The predicted molar refractivity (Wildman–Crippen MR) is 136 cm³/mol. The van der Waals surface area contributed by atoms with E-state index in [-0.39, 0.29) is 23.8 Å². The van der Waals surface area contributed by atoms with Crippen molar-refractivity contribution in [3.8, 4) is 0 Å². The molecule has 0 radical (unpaired) electrons. The first-order valence-electron chi connectivity index (χ1n) is 13.5. The number of amides is 2. The molecule has 3 fully saturated rings. The van der Waals surface area contributed by atoms with Crippen LogP contribution in [0.2, 0.25) is 0 Å². The van der Waals surface area contributed by atoms with Crippen molar-refractivity contribution in [2.75, 3.05) is 31.1 Å². The Hall–Kier alpha value is -2.89. The molecule has 1 atom stereocenters. The number of piperidine rings is 1. The van der Waals surface area contributed by atoms with Crippen molar-refractivity contribution in [3.05, 3.63) is 59.4 Å². The van der Waals surface area contributed by atoms with Gasteiger partial charge in [0, 0.05) is 55.7 Å². The minimum Gasteiger partial charge on any atom is -0.371 e. The molecule has 2 saturated heterocycles. The zero-order chi connectivity index (χ0) is 23.8. The molecule has 1 aromatic carbocycles. The summed E-state index contributed by atoms with van der Waals surface area (Å²) in [6.07, 6.45) is 13.3. The number of carbonyl (C=O) groups excluding carboxylic acids is 2. The lowest BCUT2D eigenvalue weighted by Gasteiger charge is -2.39. The number of rotatable bonds is 4. The maximum Gasteiger partial charge on any atom is 0.253 e. The highest BCUT2D eigenvalue weighted by Crippen LogP contribution is 2.42. The minimum atomic E-state index is 0.0492. The fraction of sp³-hybridized carbons (Fsp3) is 0.552. The van der Waals surface area contributed by atoms with E-state index in [2.05, 4.69) is 39.5 Å². The maximum absolute atomic E-state index is 13.4. The van der Waals surface area contributed by atoms with Gasteiger partial charge in [0.1, 0.15) is 0 Å².